The van der Waals surface area contributed by atoms with Crippen LogP contribution in [-0.2, 0) is 0 Å². The van der Waals surface area contributed by atoms with Crippen molar-refractivity contribution in [3.05, 3.63) is 107 Å². The molecule has 0 saturated heterocycles. The third-order valence-corrected chi connectivity index (χ3v) is 3.82. The van der Waals surface area contributed by atoms with Crippen LogP contribution in [0.2, 0.25) is 0 Å². The molecule has 0 bridgehead atoms. The van der Waals surface area contributed by atoms with Gasteiger partial charge in [0.1, 0.15) is 5.75 Å². The molecule has 0 aliphatic heterocycles. The Morgan fingerprint density at radius 3 is 2.08 bits per heavy atom. The molecule has 3 rings (SSSR count). The first-order valence-corrected chi connectivity index (χ1v) is 8.29. The number of Topliss-reactive ketones (excluding diaryl/α,β-unsaturated/α-hetero) is 1. The van der Waals surface area contributed by atoms with Crippen LogP contribution in [0.1, 0.15) is 21.5 Å². The molecule has 0 saturated carbocycles. The molecule has 26 heavy (non-hydrogen) atoms. The zero-order chi connectivity index (χ0) is 18.2. The topological polar surface area (TPSA) is 26.3 Å². The summed E-state index contributed by atoms with van der Waals surface area (Å²) >= 11 is 0. The van der Waals surface area contributed by atoms with Crippen molar-refractivity contribution in [1.29, 1.82) is 0 Å². The number of ketones is 1. The number of rotatable bonds is 4. The molecular weight excluding hydrogens is 320 g/mol. The zero-order valence-corrected chi connectivity index (χ0v) is 14.5. The smallest absolute Gasteiger partial charge is 0.201 e. The van der Waals surface area contributed by atoms with E-state index in [1.807, 2.05) is 66.7 Å². The van der Waals surface area contributed by atoms with Gasteiger partial charge in [0.25, 0.3) is 0 Å². The lowest BCUT2D eigenvalue weighted by atomic mass is 10.0. The van der Waals surface area contributed by atoms with Crippen molar-refractivity contribution >= 4 is 11.9 Å². The van der Waals surface area contributed by atoms with Crippen molar-refractivity contribution in [2.24, 2.45) is 0 Å². The highest BCUT2D eigenvalue weighted by Gasteiger charge is 2.11. The molecule has 0 atom stereocenters. The van der Waals surface area contributed by atoms with Gasteiger partial charge in [0, 0.05) is 11.1 Å². The molecule has 2 heteroatoms. The quantitative estimate of drug-likeness (QED) is 0.380. The number of benzene rings is 3. The van der Waals surface area contributed by atoms with E-state index < -0.39 is 0 Å². The highest BCUT2D eigenvalue weighted by molar-refractivity contribution is 6.14. The van der Waals surface area contributed by atoms with Gasteiger partial charge in [-0.05, 0) is 48.0 Å². The van der Waals surface area contributed by atoms with Crippen LogP contribution in [0.25, 0.3) is 6.08 Å². The van der Waals surface area contributed by atoms with E-state index in [1.54, 1.807) is 31.4 Å². The van der Waals surface area contributed by atoms with Crippen LogP contribution in [0.3, 0.4) is 0 Å². The summed E-state index contributed by atoms with van der Waals surface area (Å²) in [4.78, 5) is 13.0. The summed E-state index contributed by atoms with van der Waals surface area (Å²) in [5.41, 5.74) is 2.83. The van der Waals surface area contributed by atoms with Gasteiger partial charge in [0.15, 0.2) is 0 Å². The second-order valence-electron chi connectivity index (χ2n) is 5.64. The highest BCUT2D eigenvalue weighted by Crippen LogP contribution is 2.16. The summed E-state index contributed by atoms with van der Waals surface area (Å²) < 4.78 is 5.16. The van der Waals surface area contributed by atoms with Crippen molar-refractivity contribution in [3.8, 4) is 17.6 Å². The van der Waals surface area contributed by atoms with Gasteiger partial charge >= 0.3 is 0 Å². The van der Waals surface area contributed by atoms with E-state index in [9.17, 15) is 4.79 Å². The molecule has 0 fully saturated rings. The molecule has 0 N–H and O–H groups in total. The van der Waals surface area contributed by atoms with Gasteiger partial charge < -0.3 is 4.74 Å². The van der Waals surface area contributed by atoms with E-state index in [1.165, 1.54) is 0 Å². The summed E-state index contributed by atoms with van der Waals surface area (Å²) in [5.74, 6) is 6.72. The number of hydrogen-bond donors (Lipinski definition) is 0. The average Bonchev–Trinajstić information content (AvgIpc) is 2.72. The average molecular weight is 338 g/mol. The maximum atomic E-state index is 13.0. The molecule has 0 unspecified atom stereocenters. The number of ether oxygens (including phenoxy) is 1. The Hall–Kier alpha value is -3.57. The number of allylic oxidation sites excluding steroid dienone is 1. The SMILES string of the molecule is COc1ccc(C(=O)/C(C#Cc2ccccc2)=C/c2ccccc2)cc1. The molecule has 0 aliphatic carbocycles. The van der Waals surface area contributed by atoms with Crippen LogP contribution >= 0.6 is 0 Å². The minimum Gasteiger partial charge on any atom is -0.497 e. The van der Waals surface area contributed by atoms with Crippen LogP contribution < -0.4 is 4.74 Å². The molecule has 3 aromatic carbocycles. The maximum Gasteiger partial charge on any atom is 0.201 e. The second kappa shape index (κ2) is 8.50. The molecule has 3 aromatic rings. The fourth-order valence-corrected chi connectivity index (χ4v) is 2.43. The van der Waals surface area contributed by atoms with Crippen LogP contribution in [0.5, 0.6) is 5.75 Å². The zero-order valence-electron chi connectivity index (χ0n) is 14.5. The number of methoxy groups -OCH3 is 1. The Balaban J connectivity index is 1.98. The Labute approximate surface area is 153 Å². The van der Waals surface area contributed by atoms with Gasteiger partial charge in [0.2, 0.25) is 5.78 Å². The normalized spacial score (nSPS) is 10.6. The molecular formula is C24H18O2. The summed E-state index contributed by atoms with van der Waals surface area (Å²) in [6.45, 7) is 0. The molecule has 2 nitrogen and oxygen atoms in total. The molecule has 0 heterocycles. The largest absolute Gasteiger partial charge is 0.497 e. The Bertz CT molecular complexity index is 957. The second-order valence-corrected chi connectivity index (χ2v) is 5.64. The molecule has 0 spiro atoms. The van der Waals surface area contributed by atoms with Gasteiger partial charge in [-0.3, -0.25) is 4.79 Å². The van der Waals surface area contributed by atoms with E-state index >= 15 is 0 Å². The summed E-state index contributed by atoms with van der Waals surface area (Å²) in [6, 6.07) is 26.4. The predicted octanol–water partition coefficient (Wildman–Crippen LogP) is 5.01. The van der Waals surface area contributed by atoms with Crippen LogP contribution in [0.15, 0.2) is 90.5 Å². The molecule has 0 radical (unpaired) electrons. The Morgan fingerprint density at radius 1 is 0.846 bits per heavy atom. The first-order chi connectivity index (χ1) is 12.8. The van der Waals surface area contributed by atoms with Crippen molar-refractivity contribution < 1.29 is 9.53 Å². The molecule has 0 aromatic heterocycles. The van der Waals surface area contributed by atoms with E-state index in [0.717, 1.165) is 11.1 Å². The molecule has 0 aliphatic rings. The summed E-state index contributed by atoms with van der Waals surface area (Å²) in [7, 11) is 1.60. The number of carbonyl (C=O) groups excluding carboxylic acids is 1. The highest BCUT2D eigenvalue weighted by atomic mass is 16.5. The van der Waals surface area contributed by atoms with Crippen molar-refractivity contribution in [1.82, 2.24) is 0 Å². The van der Waals surface area contributed by atoms with Gasteiger partial charge in [-0.25, -0.2) is 0 Å². The predicted molar refractivity (Wildman–Crippen MR) is 105 cm³/mol. The number of carbonyl (C=O) groups is 1. The molecule has 0 amide bonds. The minimum atomic E-state index is -0.111. The summed E-state index contributed by atoms with van der Waals surface area (Å²) in [6.07, 6.45) is 1.82. The lowest BCUT2D eigenvalue weighted by Gasteiger charge is -2.03. The van der Waals surface area contributed by atoms with E-state index in [4.69, 9.17) is 4.74 Å². The monoisotopic (exact) mass is 338 g/mol. The fourth-order valence-electron chi connectivity index (χ4n) is 2.43. The van der Waals surface area contributed by atoms with Crippen LogP contribution in [0, 0.1) is 11.8 Å². The third kappa shape index (κ3) is 4.49. The van der Waals surface area contributed by atoms with Gasteiger partial charge in [-0.1, -0.05) is 60.4 Å². The minimum absolute atomic E-state index is 0.111. The third-order valence-electron chi connectivity index (χ3n) is 3.82. The van der Waals surface area contributed by atoms with Gasteiger partial charge in [-0.2, -0.15) is 0 Å². The molecule has 126 valence electrons. The van der Waals surface area contributed by atoms with Crippen molar-refractivity contribution in [2.45, 2.75) is 0 Å². The first kappa shape index (κ1) is 17.3. The maximum absolute atomic E-state index is 13.0. The van der Waals surface area contributed by atoms with E-state index in [2.05, 4.69) is 11.8 Å². The summed E-state index contributed by atoms with van der Waals surface area (Å²) in [5, 5.41) is 0. The van der Waals surface area contributed by atoms with Crippen molar-refractivity contribution in [3.63, 3.8) is 0 Å². The number of hydrogen-bond acceptors (Lipinski definition) is 2. The van der Waals surface area contributed by atoms with Crippen molar-refractivity contribution in [2.75, 3.05) is 7.11 Å². The standard InChI is InChI=1S/C24H18O2/c1-26-23-16-14-21(15-17-23)24(25)22(18-20-10-6-3-7-11-20)13-12-19-8-4-2-5-9-19/h2-11,14-18H,1H3/b22-18+. The lowest BCUT2D eigenvalue weighted by molar-refractivity contribution is 0.104. The van der Waals surface area contributed by atoms with Crippen LogP contribution in [-0.4, -0.2) is 12.9 Å². The van der Waals surface area contributed by atoms with E-state index in [0.29, 0.717) is 16.9 Å². The van der Waals surface area contributed by atoms with E-state index in [-0.39, 0.29) is 5.78 Å². The Morgan fingerprint density at radius 2 is 1.46 bits per heavy atom. The Kier molecular flexibility index (Phi) is 5.65. The van der Waals surface area contributed by atoms with Gasteiger partial charge in [0.05, 0.1) is 12.7 Å². The van der Waals surface area contributed by atoms with Crippen LogP contribution in [0.4, 0.5) is 0 Å². The lowest BCUT2D eigenvalue weighted by Crippen LogP contribution is -2.02. The van der Waals surface area contributed by atoms with Gasteiger partial charge in [-0.15, -0.1) is 0 Å². The first-order valence-electron chi connectivity index (χ1n) is 8.29. The fraction of sp³-hybridized carbons (Fsp3) is 0.0417.